The van der Waals surface area contributed by atoms with Gasteiger partial charge in [-0.3, -0.25) is 9.59 Å². The van der Waals surface area contributed by atoms with E-state index in [9.17, 15) is 14.0 Å². The van der Waals surface area contributed by atoms with Crippen molar-refractivity contribution in [2.45, 2.75) is 13.0 Å². The standard InChI is InChI=1S/C18H15FN2O3/c1-24-17(22)10-16-13-7-3-4-8-14(13)18(23)21(20-16)11-12-6-2-5-9-15(12)19/h2-9H,10-11H2,1H3. The minimum absolute atomic E-state index is 0.00941. The van der Waals surface area contributed by atoms with Crippen molar-refractivity contribution in [2.24, 2.45) is 0 Å². The molecule has 0 radical (unpaired) electrons. The Labute approximate surface area is 137 Å². The largest absolute Gasteiger partial charge is 0.469 e. The minimum atomic E-state index is -0.455. The SMILES string of the molecule is COC(=O)Cc1nn(Cc2ccccc2F)c(=O)c2ccccc12. The molecule has 122 valence electrons. The molecule has 0 N–H and O–H groups in total. The predicted molar refractivity (Wildman–Crippen MR) is 87.2 cm³/mol. The van der Waals surface area contributed by atoms with Gasteiger partial charge < -0.3 is 4.74 Å². The third kappa shape index (κ3) is 3.03. The van der Waals surface area contributed by atoms with Crippen LogP contribution >= 0.6 is 0 Å². The van der Waals surface area contributed by atoms with E-state index in [0.29, 0.717) is 22.0 Å². The van der Waals surface area contributed by atoms with Crippen LogP contribution in [0.15, 0.2) is 53.3 Å². The molecule has 0 fully saturated rings. The van der Waals surface area contributed by atoms with Gasteiger partial charge in [0, 0.05) is 10.9 Å². The topological polar surface area (TPSA) is 61.2 Å². The molecule has 0 aliphatic carbocycles. The summed E-state index contributed by atoms with van der Waals surface area (Å²) in [5, 5.41) is 5.29. The first kappa shape index (κ1) is 15.9. The molecule has 1 aromatic heterocycles. The molecule has 5 nitrogen and oxygen atoms in total. The molecule has 3 rings (SSSR count). The highest BCUT2D eigenvalue weighted by molar-refractivity contribution is 5.86. The summed E-state index contributed by atoms with van der Waals surface area (Å²) in [4.78, 5) is 24.2. The Morgan fingerprint density at radius 2 is 1.79 bits per heavy atom. The lowest BCUT2D eigenvalue weighted by molar-refractivity contribution is -0.139. The molecule has 3 aromatic rings. The number of hydrogen-bond acceptors (Lipinski definition) is 4. The number of methoxy groups -OCH3 is 1. The normalized spacial score (nSPS) is 10.8. The number of rotatable bonds is 4. The zero-order valence-electron chi connectivity index (χ0n) is 13.0. The quantitative estimate of drug-likeness (QED) is 0.690. The number of carbonyl (C=O) groups is 1. The number of aromatic nitrogens is 2. The Hall–Kier alpha value is -3.02. The molecule has 0 amide bonds. The third-order valence-corrected chi connectivity index (χ3v) is 3.76. The van der Waals surface area contributed by atoms with Crippen LogP contribution in [0.1, 0.15) is 11.3 Å². The van der Waals surface area contributed by atoms with Gasteiger partial charge in [-0.1, -0.05) is 36.4 Å². The summed E-state index contributed by atoms with van der Waals surface area (Å²) in [5.74, 6) is -0.863. The highest BCUT2D eigenvalue weighted by atomic mass is 19.1. The van der Waals surface area contributed by atoms with Crippen LogP contribution in [0.3, 0.4) is 0 Å². The van der Waals surface area contributed by atoms with Crippen molar-refractivity contribution in [3.8, 4) is 0 Å². The molecule has 6 heteroatoms. The Morgan fingerprint density at radius 1 is 1.12 bits per heavy atom. The van der Waals surface area contributed by atoms with Gasteiger partial charge in [0.05, 0.1) is 31.2 Å². The van der Waals surface area contributed by atoms with E-state index in [4.69, 9.17) is 0 Å². The van der Waals surface area contributed by atoms with E-state index in [0.717, 1.165) is 0 Å². The zero-order valence-corrected chi connectivity index (χ0v) is 13.0. The van der Waals surface area contributed by atoms with Crippen LogP contribution in [0.5, 0.6) is 0 Å². The molecule has 0 spiro atoms. The summed E-state index contributed by atoms with van der Waals surface area (Å²) >= 11 is 0. The van der Waals surface area contributed by atoms with Gasteiger partial charge in [0.25, 0.3) is 5.56 Å². The summed E-state index contributed by atoms with van der Waals surface area (Å²) in [6.07, 6.45) is -0.0609. The third-order valence-electron chi connectivity index (χ3n) is 3.76. The highest BCUT2D eigenvalue weighted by Crippen LogP contribution is 2.15. The molecule has 2 aromatic carbocycles. The second-order valence-electron chi connectivity index (χ2n) is 5.30. The highest BCUT2D eigenvalue weighted by Gasteiger charge is 2.14. The van der Waals surface area contributed by atoms with Crippen LogP contribution in [-0.4, -0.2) is 22.9 Å². The first-order valence-corrected chi connectivity index (χ1v) is 7.39. The first-order chi connectivity index (χ1) is 11.6. The fraction of sp³-hybridized carbons (Fsp3) is 0.167. The maximum absolute atomic E-state index is 13.9. The Kier molecular flexibility index (Phi) is 4.37. The fourth-order valence-electron chi connectivity index (χ4n) is 2.54. The second kappa shape index (κ2) is 6.62. The molecule has 0 aliphatic heterocycles. The minimum Gasteiger partial charge on any atom is -0.469 e. The van der Waals surface area contributed by atoms with Gasteiger partial charge in [-0.2, -0.15) is 5.10 Å². The van der Waals surface area contributed by atoms with E-state index in [1.807, 2.05) is 0 Å². The van der Waals surface area contributed by atoms with Crippen LogP contribution in [0.25, 0.3) is 10.8 Å². The van der Waals surface area contributed by atoms with Crippen LogP contribution in [0.4, 0.5) is 4.39 Å². The maximum atomic E-state index is 13.9. The average molecular weight is 326 g/mol. The predicted octanol–water partition coefficient (Wildman–Crippen LogP) is 2.30. The first-order valence-electron chi connectivity index (χ1n) is 7.39. The molecule has 24 heavy (non-hydrogen) atoms. The van der Waals surface area contributed by atoms with Gasteiger partial charge in [0.2, 0.25) is 0 Å². The van der Waals surface area contributed by atoms with Crippen LogP contribution < -0.4 is 5.56 Å². The molecule has 1 heterocycles. The van der Waals surface area contributed by atoms with Gasteiger partial charge in [-0.25, -0.2) is 9.07 Å². The lowest BCUT2D eigenvalue weighted by Gasteiger charge is -2.11. The zero-order chi connectivity index (χ0) is 17.1. The molecule has 0 unspecified atom stereocenters. The lowest BCUT2D eigenvalue weighted by atomic mass is 10.1. The van der Waals surface area contributed by atoms with E-state index >= 15 is 0 Å². The Morgan fingerprint density at radius 3 is 2.50 bits per heavy atom. The summed E-state index contributed by atoms with van der Waals surface area (Å²) in [6, 6.07) is 13.1. The molecule has 0 aliphatic rings. The van der Waals surface area contributed by atoms with E-state index in [1.54, 1.807) is 42.5 Å². The fourth-order valence-corrected chi connectivity index (χ4v) is 2.54. The summed E-state index contributed by atoms with van der Waals surface area (Å²) < 4.78 is 19.7. The maximum Gasteiger partial charge on any atom is 0.311 e. The number of nitrogens with zero attached hydrogens (tertiary/aromatic N) is 2. The molecule has 0 atom stereocenters. The van der Waals surface area contributed by atoms with E-state index < -0.39 is 11.8 Å². The average Bonchev–Trinajstić information content (AvgIpc) is 2.60. The number of hydrogen-bond donors (Lipinski definition) is 0. The Bertz CT molecular complexity index is 966. The van der Waals surface area contributed by atoms with E-state index in [1.165, 1.54) is 17.9 Å². The van der Waals surface area contributed by atoms with Crippen LogP contribution in [0.2, 0.25) is 0 Å². The molecular formula is C18H15FN2O3. The summed E-state index contributed by atoms with van der Waals surface area (Å²) in [5.41, 5.74) is 0.447. The summed E-state index contributed by atoms with van der Waals surface area (Å²) in [6.45, 7) is -0.00941. The molecule has 0 bridgehead atoms. The van der Waals surface area contributed by atoms with Crippen molar-refractivity contribution < 1.29 is 13.9 Å². The van der Waals surface area contributed by atoms with Crippen LogP contribution in [0, 0.1) is 5.82 Å². The molecule has 0 saturated heterocycles. The number of ether oxygens (including phenoxy) is 1. The Balaban J connectivity index is 2.14. The van der Waals surface area contributed by atoms with Crippen molar-refractivity contribution in [2.75, 3.05) is 7.11 Å². The second-order valence-corrected chi connectivity index (χ2v) is 5.30. The number of esters is 1. The van der Waals surface area contributed by atoms with Gasteiger partial charge in [0.1, 0.15) is 5.82 Å². The van der Waals surface area contributed by atoms with Gasteiger partial charge in [-0.15, -0.1) is 0 Å². The molecule has 0 saturated carbocycles. The van der Waals surface area contributed by atoms with Crippen molar-refractivity contribution in [1.29, 1.82) is 0 Å². The number of benzene rings is 2. The van der Waals surface area contributed by atoms with E-state index in [2.05, 4.69) is 9.84 Å². The number of halogens is 1. The monoisotopic (exact) mass is 326 g/mol. The molecular weight excluding hydrogens is 311 g/mol. The van der Waals surface area contributed by atoms with Crippen LogP contribution in [-0.2, 0) is 22.5 Å². The van der Waals surface area contributed by atoms with Gasteiger partial charge >= 0.3 is 5.97 Å². The smallest absolute Gasteiger partial charge is 0.311 e. The van der Waals surface area contributed by atoms with Crippen molar-refractivity contribution in [3.05, 3.63) is 76.0 Å². The van der Waals surface area contributed by atoms with E-state index in [-0.39, 0.29) is 18.5 Å². The van der Waals surface area contributed by atoms with Gasteiger partial charge in [0.15, 0.2) is 0 Å². The summed E-state index contributed by atoms with van der Waals surface area (Å²) in [7, 11) is 1.29. The number of fused-ring (bicyclic) bond motifs is 1. The van der Waals surface area contributed by atoms with Gasteiger partial charge in [-0.05, 0) is 12.1 Å². The lowest BCUT2D eigenvalue weighted by Crippen LogP contribution is -2.26. The van der Waals surface area contributed by atoms with Crippen molar-refractivity contribution >= 4 is 16.7 Å². The van der Waals surface area contributed by atoms with Crippen molar-refractivity contribution in [3.63, 3.8) is 0 Å². The van der Waals surface area contributed by atoms with Crippen molar-refractivity contribution in [1.82, 2.24) is 9.78 Å². The number of carbonyl (C=O) groups excluding carboxylic acids is 1.